The summed E-state index contributed by atoms with van der Waals surface area (Å²) >= 11 is 13.4. The summed E-state index contributed by atoms with van der Waals surface area (Å²) in [4.78, 5) is 29.4. The zero-order valence-electron chi connectivity index (χ0n) is 19.6. The lowest BCUT2D eigenvalue weighted by atomic mass is 9.94. The van der Waals surface area contributed by atoms with Crippen LogP contribution in [-0.4, -0.2) is 27.3 Å². The molecular formula is C26H27Cl2N3O3S. The smallest absolute Gasteiger partial charge is 0.280 e. The Labute approximate surface area is 219 Å². The number of phenols is 1. The second-order valence-corrected chi connectivity index (χ2v) is 10.7. The van der Waals surface area contributed by atoms with Gasteiger partial charge in [0.15, 0.2) is 5.69 Å². The Kier molecular flexibility index (Phi) is 7.99. The number of hydrogen-bond donors (Lipinski definition) is 2. The van der Waals surface area contributed by atoms with Crippen LogP contribution < -0.4 is 10.2 Å². The Morgan fingerprint density at radius 1 is 1.09 bits per heavy atom. The number of rotatable bonds is 6. The number of amides is 2. The van der Waals surface area contributed by atoms with Gasteiger partial charge in [-0.1, -0.05) is 66.7 Å². The number of nitrogens with zero attached hydrogens (tertiary/aromatic N) is 2. The third-order valence-electron chi connectivity index (χ3n) is 6.31. The highest BCUT2D eigenvalue weighted by Crippen LogP contribution is 2.37. The van der Waals surface area contributed by atoms with Gasteiger partial charge >= 0.3 is 0 Å². The van der Waals surface area contributed by atoms with Gasteiger partial charge in [0.25, 0.3) is 5.91 Å². The normalized spacial score (nSPS) is 15.0. The molecule has 6 nitrogen and oxygen atoms in total. The molecule has 0 aliphatic heterocycles. The predicted octanol–water partition coefficient (Wildman–Crippen LogP) is 6.61. The van der Waals surface area contributed by atoms with Gasteiger partial charge in [0.05, 0.1) is 0 Å². The molecule has 1 saturated carbocycles. The van der Waals surface area contributed by atoms with Gasteiger partial charge in [-0.15, -0.1) is 0 Å². The summed E-state index contributed by atoms with van der Waals surface area (Å²) in [6, 6.07) is 11.1. The van der Waals surface area contributed by atoms with Crippen LogP contribution in [0.25, 0.3) is 0 Å². The fourth-order valence-corrected chi connectivity index (χ4v) is 5.44. The standard InChI is InChI=1S/C26H27Cl2N3O3S/c1-15-8-9-16(2)20(14-15)31(26(34)22-21(27)24(28)35-30-22)23(17-10-12-19(32)13-11-17)25(33)29-18-6-4-3-5-7-18/h8-14,18,23,32H,3-7H2,1-2H3,(H,29,33). The van der Waals surface area contributed by atoms with Gasteiger partial charge in [-0.3, -0.25) is 14.5 Å². The van der Waals surface area contributed by atoms with Crippen LogP contribution in [0.15, 0.2) is 42.5 Å². The van der Waals surface area contributed by atoms with E-state index in [9.17, 15) is 14.7 Å². The van der Waals surface area contributed by atoms with Crippen LogP contribution in [0.4, 0.5) is 5.69 Å². The van der Waals surface area contributed by atoms with Crippen molar-refractivity contribution in [1.82, 2.24) is 9.69 Å². The number of carbonyl (C=O) groups is 2. The second kappa shape index (κ2) is 11.0. The number of carbonyl (C=O) groups excluding carboxylic acids is 2. The average molecular weight is 532 g/mol. The first-order valence-electron chi connectivity index (χ1n) is 11.6. The highest BCUT2D eigenvalue weighted by molar-refractivity contribution is 7.11. The van der Waals surface area contributed by atoms with Gasteiger partial charge in [-0.25, -0.2) is 0 Å². The molecule has 2 amide bonds. The van der Waals surface area contributed by atoms with Gasteiger partial charge in [0.1, 0.15) is 21.2 Å². The van der Waals surface area contributed by atoms with Crippen molar-refractivity contribution in [1.29, 1.82) is 0 Å². The molecule has 0 spiro atoms. The van der Waals surface area contributed by atoms with Crippen LogP contribution in [-0.2, 0) is 4.79 Å². The van der Waals surface area contributed by atoms with Crippen LogP contribution >= 0.6 is 34.7 Å². The molecule has 1 aromatic heterocycles. The molecule has 9 heteroatoms. The Hall–Kier alpha value is -2.61. The van der Waals surface area contributed by atoms with Crippen molar-refractivity contribution >= 4 is 52.2 Å². The molecule has 0 bridgehead atoms. The maximum absolute atomic E-state index is 14.0. The zero-order chi connectivity index (χ0) is 25.1. The molecular weight excluding hydrogens is 505 g/mol. The first-order chi connectivity index (χ1) is 16.8. The van der Waals surface area contributed by atoms with Crippen LogP contribution in [0.1, 0.15) is 65.3 Å². The Morgan fingerprint density at radius 3 is 2.40 bits per heavy atom. The molecule has 1 heterocycles. The van der Waals surface area contributed by atoms with E-state index in [0.29, 0.717) is 11.3 Å². The fraction of sp³-hybridized carbons (Fsp3) is 0.346. The molecule has 1 fully saturated rings. The maximum atomic E-state index is 14.0. The van der Waals surface area contributed by atoms with Crippen LogP contribution in [0.5, 0.6) is 5.75 Å². The van der Waals surface area contributed by atoms with E-state index in [-0.39, 0.29) is 32.8 Å². The van der Waals surface area contributed by atoms with Gasteiger partial charge in [-0.2, -0.15) is 4.37 Å². The lowest BCUT2D eigenvalue weighted by Crippen LogP contribution is -2.47. The van der Waals surface area contributed by atoms with E-state index in [1.54, 1.807) is 12.1 Å². The zero-order valence-corrected chi connectivity index (χ0v) is 21.9. The number of aromatic nitrogens is 1. The topological polar surface area (TPSA) is 82.5 Å². The summed E-state index contributed by atoms with van der Waals surface area (Å²) in [5, 5.41) is 13.1. The summed E-state index contributed by atoms with van der Waals surface area (Å²) in [6.07, 6.45) is 5.07. The van der Waals surface area contributed by atoms with Crippen molar-refractivity contribution in [3.8, 4) is 5.75 Å². The molecule has 2 N–H and O–H groups in total. The van der Waals surface area contributed by atoms with Crippen molar-refractivity contribution in [3.63, 3.8) is 0 Å². The fourth-order valence-electron chi connectivity index (χ4n) is 4.45. The first-order valence-corrected chi connectivity index (χ1v) is 13.1. The minimum atomic E-state index is -1.01. The highest BCUT2D eigenvalue weighted by atomic mass is 35.5. The van der Waals surface area contributed by atoms with Crippen LogP contribution in [0.2, 0.25) is 9.36 Å². The van der Waals surface area contributed by atoms with E-state index >= 15 is 0 Å². The van der Waals surface area contributed by atoms with E-state index in [4.69, 9.17) is 23.2 Å². The van der Waals surface area contributed by atoms with Gasteiger partial charge in [0.2, 0.25) is 5.91 Å². The predicted molar refractivity (Wildman–Crippen MR) is 141 cm³/mol. The van der Waals surface area contributed by atoms with E-state index in [2.05, 4.69) is 9.69 Å². The summed E-state index contributed by atoms with van der Waals surface area (Å²) in [5.74, 6) is -0.753. The quantitative estimate of drug-likeness (QED) is 0.374. The van der Waals surface area contributed by atoms with E-state index in [1.165, 1.54) is 17.0 Å². The lowest BCUT2D eigenvalue weighted by Gasteiger charge is -2.34. The molecule has 1 unspecified atom stereocenters. The number of hydrogen-bond acceptors (Lipinski definition) is 5. The van der Waals surface area contributed by atoms with E-state index in [0.717, 1.165) is 54.8 Å². The monoisotopic (exact) mass is 531 g/mol. The lowest BCUT2D eigenvalue weighted by molar-refractivity contribution is -0.123. The molecule has 35 heavy (non-hydrogen) atoms. The van der Waals surface area contributed by atoms with Gasteiger partial charge in [0, 0.05) is 11.7 Å². The number of phenolic OH excluding ortho intramolecular Hbond substituents is 1. The van der Waals surface area contributed by atoms with E-state index < -0.39 is 11.9 Å². The second-order valence-electron chi connectivity index (χ2n) is 8.92. The number of benzene rings is 2. The third kappa shape index (κ3) is 5.63. The number of halogens is 2. The van der Waals surface area contributed by atoms with Crippen LogP contribution in [0.3, 0.4) is 0 Å². The molecule has 1 aliphatic rings. The molecule has 3 aromatic rings. The van der Waals surface area contributed by atoms with Crippen LogP contribution in [0, 0.1) is 13.8 Å². The summed E-state index contributed by atoms with van der Waals surface area (Å²) < 4.78 is 4.41. The summed E-state index contributed by atoms with van der Waals surface area (Å²) in [7, 11) is 0. The minimum absolute atomic E-state index is 0.00295. The highest BCUT2D eigenvalue weighted by Gasteiger charge is 2.37. The first kappa shape index (κ1) is 25.5. The number of nitrogens with one attached hydrogen (secondary N) is 1. The van der Waals surface area contributed by atoms with Crippen molar-refractivity contribution in [2.24, 2.45) is 0 Å². The van der Waals surface area contributed by atoms with E-state index in [1.807, 2.05) is 32.0 Å². The Bertz CT molecular complexity index is 1220. The maximum Gasteiger partial charge on any atom is 0.280 e. The van der Waals surface area contributed by atoms with Crippen molar-refractivity contribution in [2.45, 2.75) is 58.0 Å². The molecule has 4 rings (SSSR count). The van der Waals surface area contributed by atoms with Gasteiger partial charge < -0.3 is 10.4 Å². The SMILES string of the molecule is Cc1ccc(C)c(N(C(=O)c2nsc(Cl)c2Cl)C(C(=O)NC2CCCCC2)c2ccc(O)cc2)c1. The Morgan fingerprint density at radius 2 is 1.77 bits per heavy atom. The largest absolute Gasteiger partial charge is 0.508 e. The number of aryl methyl sites for hydroxylation is 2. The summed E-state index contributed by atoms with van der Waals surface area (Å²) in [6.45, 7) is 3.81. The van der Waals surface area contributed by atoms with Crippen molar-refractivity contribution in [3.05, 3.63) is 74.2 Å². The van der Waals surface area contributed by atoms with Gasteiger partial charge in [-0.05, 0) is 73.1 Å². The average Bonchev–Trinajstić information content (AvgIpc) is 3.18. The molecule has 0 saturated heterocycles. The molecule has 2 aromatic carbocycles. The van der Waals surface area contributed by atoms with Crippen molar-refractivity contribution < 1.29 is 14.7 Å². The summed E-state index contributed by atoms with van der Waals surface area (Å²) in [5.41, 5.74) is 2.88. The molecule has 1 aliphatic carbocycles. The minimum Gasteiger partial charge on any atom is -0.508 e. The molecule has 0 radical (unpaired) electrons. The van der Waals surface area contributed by atoms with Crippen molar-refractivity contribution in [2.75, 3.05) is 4.90 Å². The molecule has 1 atom stereocenters. The number of anilines is 1. The Balaban J connectivity index is 1.86. The third-order valence-corrected chi connectivity index (χ3v) is 7.92. The number of aromatic hydroxyl groups is 1. The molecule has 184 valence electrons.